The van der Waals surface area contributed by atoms with Crippen molar-refractivity contribution in [1.29, 1.82) is 0 Å². The summed E-state index contributed by atoms with van der Waals surface area (Å²) in [7, 11) is 3.61. The Morgan fingerprint density at radius 3 is 2.82 bits per heavy atom. The van der Waals surface area contributed by atoms with Crippen LogP contribution in [-0.2, 0) is 4.84 Å². The van der Waals surface area contributed by atoms with Gasteiger partial charge in [0.05, 0.1) is 7.11 Å². The standard InChI is InChI=1S/C8H16N2O/c1-10(11-2)6-7-3-4-8(9)5-7/h3-4,7-8H,5-6,9H2,1-2H3. The van der Waals surface area contributed by atoms with Gasteiger partial charge < -0.3 is 10.6 Å². The summed E-state index contributed by atoms with van der Waals surface area (Å²) in [5, 5.41) is 1.83. The topological polar surface area (TPSA) is 38.5 Å². The minimum Gasteiger partial charge on any atom is -0.324 e. The smallest absolute Gasteiger partial charge is 0.0575 e. The number of hydroxylamine groups is 2. The number of nitrogens with two attached hydrogens (primary N) is 1. The largest absolute Gasteiger partial charge is 0.324 e. The van der Waals surface area contributed by atoms with Gasteiger partial charge in [0.15, 0.2) is 0 Å². The Labute approximate surface area is 67.8 Å². The van der Waals surface area contributed by atoms with Crippen molar-refractivity contribution < 1.29 is 4.84 Å². The molecule has 3 heteroatoms. The molecule has 0 saturated carbocycles. The molecule has 11 heavy (non-hydrogen) atoms. The summed E-state index contributed by atoms with van der Waals surface area (Å²) in [6.07, 6.45) is 5.28. The lowest BCUT2D eigenvalue weighted by molar-refractivity contribution is -0.114. The first-order chi connectivity index (χ1) is 5.22. The Morgan fingerprint density at radius 1 is 1.64 bits per heavy atom. The van der Waals surface area contributed by atoms with Crippen molar-refractivity contribution in [3.8, 4) is 0 Å². The van der Waals surface area contributed by atoms with E-state index >= 15 is 0 Å². The van der Waals surface area contributed by atoms with Gasteiger partial charge in [-0.1, -0.05) is 12.2 Å². The molecule has 1 rings (SSSR count). The van der Waals surface area contributed by atoms with Crippen LogP contribution in [0.2, 0.25) is 0 Å². The molecule has 0 bridgehead atoms. The molecule has 2 unspecified atom stereocenters. The molecule has 2 atom stereocenters. The zero-order valence-electron chi connectivity index (χ0n) is 7.16. The highest BCUT2D eigenvalue weighted by molar-refractivity contribution is 5.04. The van der Waals surface area contributed by atoms with Crippen LogP contribution < -0.4 is 5.73 Å². The van der Waals surface area contributed by atoms with E-state index < -0.39 is 0 Å². The van der Waals surface area contributed by atoms with Crippen LogP contribution >= 0.6 is 0 Å². The summed E-state index contributed by atoms with van der Waals surface area (Å²) >= 11 is 0. The molecule has 0 aromatic carbocycles. The molecule has 1 aliphatic rings. The molecule has 0 saturated heterocycles. The molecule has 0 aromatic rings. The molecule has 0 aromatic heterocycles. The third kappa shape index (κ3) is 2.61. The quantitative estimate of drug-likeness (QED) is 0.474. The Bertz CT molecular complexity index is 147. The second kappa shape index (κ2) is 3.85. The van der Waals surface area contributed by atoms with E-state index in [0.29, 0.717) is 5.92 Å². The van der Waals surface area contributed by atoms with Crippen molar-refractivity contribution in [2.24, 2.45) is 11.7 Å². The minimum atomic E-state index is 0.255. The predicted octanol–water partition coefficient (Wildman–Crippen LogP) is 0.383. The summed E-state index contributed by atoms with van der Waals surface area (Å²) in [6, 6.07) is 0.255. The Morgan fingerprint density at radius 2 is 2.36 bits per heavy atom. The molecule has 64 valence electrons. The van der Waals surface area contributed by atoms with E-state index in [4.69, 9.17) is 10.6 Å². The zero-order valence-corrected chi connectivity index (χ0v) is 7.16. The van der Waals surface area contributed by atoms with Gasteiger partial charge in [0.25, 0.3) is 0 Å². The summed E-state index contributed by atoms with van der Waals surface area (Å²) in [5.41, 5.74) is 5.70. The minimum absolute atomic E-state index is 0.255. The average Bonchev–Trinajstić information content (AvgIpc) is 2.35. The van der Waals surface area contributed by atoms with Crippen LogP contribution in [0.15, 0.2) is 12.2 Å². The van der Waals surface area contributed by atoms with Crippen LogP contribution in [0, 0.1) is 5.92 Å². The lowest BCUT2D eigenvalue weighted by Crippen LogP contribution is -2.25. The lowest BCUT2D eigenvalue weighted by atomic mass is 10.1. The highest BCUT2D eigenvalue weighted by Gasteiger charge is 2.16. The van der Waals surface area contributed by atoms with Crippen molar-refractivity contribution in [2.75, 3.05) is 20.7 Å². The lowest BCUT2D eigenvalue weighted by Gasteiger charge is -2.17. The second-order valence-electron chi connectivity index (χ2n) is 3.04. The molecule has 0 aliphatic heterocycles. The van der Waals surface area contributed by atoms with E-state index in [2.05, 4.69) is 12.2 Å². The maximum atomic E-state index is 5.70. The van der Waals surface area contributed by atoms with Crippen molar-refractivity contribution in [1.82, 2.24) is 5.06 Å². The van der Waals surface area contributed by atoms with Gasteiger partial charge in [-0.05, 0) is 12.3 Å². The third-order valence-corrected chi connectivity index (χ3v) is 2.01. The van der Waals surface area contributed by atoms with Crippen molar-refractivity contribution in [3.63, 3.8) is 0 Å². The van der Waals surface area contributed by atoms with Crippen molar-refractivity contribution >= 4 is 0 Å². The molecule has 0 spiro atoms. The van der Waals surface area contributed by atoms with Gasteiger partial charge in [-0.3, -0.25) is 0 Å². The van der Waals surface area contributed by atoms with Crippen molar-refractivity contribution in [3.05, 3.63) is 12.2 Å². The van der Waals surface area contributed by atoms with Gasteiger partial charge in [-0.2, -0.15) is 5.06 Å². The maximum absolute atomic E-state index is 5.70. The van der Waals surface area contributed by atoms with E-state index in [-0.39, 0.29) is 6.04 Å². The molecule has 0 amide bonds. The van der Waals surface area contributed by atoms with E-state index in [0.717, 1.165) is 13.0 Å². The highest BCUT2D eigenvalue weighted by atomic mass is 16.7. The van der Waals surface area contributed by atoms with Gasteiger partial charge in [-0.25, -0.2) is 0 Å². The second-order valence-corrected chi connectivity index (χ2v) is 3.04. The van der Waals surface area contributed by atoms with E-state index in [1.807, 2.05) is 12.1 Å². The summed E-state index contributed by atoms with van der Waals surface area (Å²) in [6.45, 7) is 0.931. The molecule has 0 fully saturated rings. The first kappa shape index (κ1) is 8.71. The predicted molar refractivity (Wildman–Crippen MR) is 44.9 cm³/mol. The van der Waals surface area contributed by atoms with Gasteiger partial charge in [0.2, 0.25) is 0 Å². The fraction of sp³-hybridized carbons (Fsp3) is 0.750. The molecule has 0 radical (unpaired) electrons. The molecule has 2 N–H and O–H groups in total. The zero-order chi connectivity index (χ0) is 8.27. The Hall–Kier alpha value is -0.380. The summed E-state index contributed by atoms with van der Waals surface area (Å²) < 4.78 is 0. The first-order valence-electron chi connectivity index (χ1n) is 3.91. The van der Waals surface area contributed by atoms with Crippen molar-refractivity contribution in [2.45, 2.75) is 12.5 Å². The molecule has 0 heterocycles. The maximum Gasteiger partial charge on any atom is 0.0575 e. The normalized spacial score (nSPS) is 30.2. The SMILES string of the molecule is CON(C)CC1C=CC(N)C1. The molecule has 3 nitrogen and oxygen atoms in total. The van der Waals surface area contributed by atoms with Crippen LogP contribution in [0.1, 0.15) is 6.42 Å². The summed E-state index contributed by atoms with van der Waals surface area (Å²) in [5.74, 6) is 0.565. The van der Waals surface area contributed by atoms with Gasteiger partial charge in [0.1, 0.15) is 0 Å². The Kier molecular flexibility index (Phi) is 3.05. The molecule has 1 aliphatic carbocycles. The van der Waals surface area contributed by atoms with Crippen LogP contribution in [0.25, 0.3) is 0 Å². The first-order valence-corrected chi connectivity index (χ1v) is 3.91. The number of hydrogen-bond donors (Lipinski definition) is 1. The highest BCUT2D eigenvalue weighted by Crippen LogP contribution is 2.16. The summed E-state index contributed by atoms with van der Waals surface area (Å²) in [4.78, 5) is 5.01. The average molecular weight is 156 g/mol. The van der Waals surface area contributed by atoms with Gasteiger partial charge in [0, 0.05) is 19.6 Å². The van der Waals surface area contributed by atoms with Crippen LogP contribution in [0.4, 0.5) is 0 Å². The fourth-order valence-electron chi connectivity index (χ4n) is 1.35. The fourth-order valence-corrected chi connectivity index (χ4v) is 1.35. The van der Waals surface area contributed by atoms with E-state index in [1.165, 1.54) is 0 Å². The number of rotatable bonds is 3. The number of hydrogen-bond acceptors (Lipinski definition) is 3. The third-order valence-electron chi connectivity index (χ3n) is 2.01. The van der Waals surface area contributed by atoms with Gasteiger partial charge >= 0.3 is 0 Å². The monoisotopic (exact) mass is 156 g/mol. The van der Waals surface area contributed by atoms with Crippen LogP contribution in [0.3, 0.4) is 0 Å². The van der Waals surface area contributed by atoms with Gasteiger partial charge in [-0.15, -0.1) is 0 Å². The van der Waals surface area contributed by atoms with E-state index in [9.17, 15) is 0 Å². The Balaban J connectivity index is 2.24. The molecular formula is C8H16N2O. The number of nitrogens with zero attached hydrogens (tertiary/aromatic N) is 1. The van der Waals surface area contributed by atoms with E-state index in [1.54, 1.807) is 7.11 Å². The van der Waals surface area contributed by atoms with Crippen LogP contribution in [-0.4, -0.2) is 31.8 Å². The van der Waals surface area contributed by atoms with Crippen LogP contribution in [0.5, 0.6) is 0 Å². The molecular weight excluding hydrogens is 140 g/mol.